The van der Waals surface area contributed by atoms with Crippen LogP contribution in [0.25, 0.3) is 0 Å². The number of ether oxygens (including phenoxy) is 2. The minimum Gasteiger partial charge on any atom is -0.369 e. The van der Waals surface area contributed by atoms with Gasteiger partial charge in [-0.3, -0.25) is 0 Å². The summed E-state index contributed by atoms with van der Waals surface area (Å²) in [5.41, 5.74) is 0.501. The fourth-order valence-electron chi connectivity index (χ4n) is 4.02. The molecule has 2 atom stereocenters. The maximum Gasteiger partial charge on any atom is 0.134 e. The molecule has 0 saturated carbocycles. The lowest BCUT2D eigenvalue weighted by Gasteiger charge is -2.44. The summed E-state index contributed by atoms with van der Waals surface area (Å²) in [5.74, 6) is -2.93. The molecule has 2 unspecified atom stereocenters. The van der Waals surface area contributed by atoms with E-state index in [4.69, 9.17) is 21.1 Å². The van der Waals surface area contributed by atoms with Crippen LogP contribution in [-0.2, 0) is 28.3 Å². The molecule has 1 aliphatic rings. The van der Waals surface area contributed by atoms with Gasteiger partial charge < -0.3 is 14.8 Å². The minimum atomic E-state index is -0.982. The zero-order valence-corrected chi connectivity index (χ0v) is 18.0. The molecule has 0 aromatic heterocycles. The molecule has 3 aromatic rings. The smallest absolute Gasteiger partial charge is 0.134 e. The molecule has 3 nitrogen and oxygen atoms in total. The first-order valence-corrected chi connectivity index (χ1v) is 10.8. The minimum absolute atomic E-state index is 0.319. The molecule has 3 aromatic carbocycles. The number of halogens is 4. The molecule has 1 N–H and O–H groups in total. The Morgan fingerprint density at radius 2 is 1.62 bits per heavy atom. The molecule has 0 amide bonds. The summed E-state index contributed by atoms with van der Waals surface area (Å²) in [7, 11) is 0. The summed E-state index contributed by atoms with van der Waals surface area (Å²) >= 11 is 6.08. The Morgan fingerprint density at radius 1 is 0.938 bits per heavy atom. The highest BCUT2D eigenvalue weighted by atomic mass is 35.5. The number of hydrogen-bond acceptors (Lipinski definition) is 3. The largest absolute Gasteiger partial charge is 0.369 e. The fourth-order valence-corrected chi connectivity index (χ4v) is 4.15. The van der Waals surface area contributed by atoms with Crippen LogP contribution in [-0.4, -0.2) is 19.2 Å². The van der Waals surface area contributed by atoms with Gasteiger partial charge in [-0.05, 0) is 36.2 Å². The van der Waals surface area contributed by atoms with Crippen molar-refractivity contribution in [3.05, 3.63) is 106 Å². The second-order valence-corrected chi connectivity index (χ2v) is 8.21. The van der Waals surface area contributed by atoms with Gasteiger partial charge in [-0.1, -0.05) is 54.1 Å². The highest BCUT2D eigenvalue weighted by molar-refractivity contribution is 6.30. The lowest BCUT2D eigenvalue weighted by Crippen LogP contribution is -2.54. The second-order valence-electron chi connectivity index (χ2n) is 7.77. The van der Waals surface area contributed by atoms with E-state index < -0.39 is 29.2 Å². The van der Waals surface area contributed by atoms with Crippen LogP contribution in [0.5, 0.6) is 0 Å². The van der Waals surface area contributed by atoms with Gasteiger partial charge in [-0.15, -0.1) is 0 Å². The number of piperidine rings is 1. The van der Waals surface area contributed by atoms with Gasteiger partial charge in [0.2, 0.25) is 0 Å². The maximum atomic E-state index is 14.3. The Labute approximate surface area is 190 Å². The van der Waals surface area contributed by atoms with Crippen molar-refractivity contribution in [3.8, 4) is 0 Å². The van der Waals surface area contributed by atoms with Crippen LogP contribution < -0.4 is 5.32 Å². The van der Waals surface area contributed by atoms with Crippen molar-refractivity contribution < 1.29 is 22.6 Å². The molecule has 0 bridgehead atoms. The van der Waals surface area contributed by atoms with E-state index in [1.54, 1.807) is 12.1 Å². The van der Waals surface area contributed by atoms with Crippen molar-refractivity contribution in [1.82, 2.24) is 5.32 Å². The number of benzene rings is 3. The first-order valence-electron chi connectivity index (χ1n) is 10.4. The van der Waals surface area contributed by atoms with E-state index in [9.17, 15) is 13.2 Å². The lowest BCUT2D eigenvalue weighted by atomic mass is 9.82. The third-order valence-corrected chi connectivity index (χ3v) is 5.98. The van der Waals surface area contributed by atoms with Gasteiger partial charge in [-0.2, -0.15) is 0 Å². The van der Waals surface area contributed by atoms with Crippen molar-refractivity contribution in [1.29, 1.82) is 0 Å². The molecule has 4 rings (SSSR count). The Balaban J connectivity index is 1.65. The van der Waals surface area contributed by atoms with Crippen LogP contribution in [0, 0.1) is 17.5 Å². The third-order valence-electron chi connectivity index (χ3n) is 5.73. The maximum absolute atomic E-state index is 14.3. The van der Waals surface area contributed by atoms with Crippen LogP contribution in [0.3, 0.4) is 0 Å². The van der Waals surface area contributed by atoms with Gasteiger partial charge in [0.15, 0.2) is 0 Å². The predicted octanol–water partition coefficient (Wildman–Crippen LogP) is 5.75. The number of nitrogens with one attached hydrogen (secondary N) is 1. The summed E-state index contributed by atoms with van der Waals surface area (Å²) in [6.45, 7) is 1.10. The summed E-state index contributed by atoms with van der Waals surface area (Å²) in [6, 6.07) is 18.2. The highest BCUT2D eigenvalue weighted by Crippen LogP contribution is 2.39. The zero-order valence-electron chi connectivity index (χ0n) is 17.3. The van der Waals surface area contributed by atoms with Gasteiger partial charge in [0.05, 0.1) is 13.2 Å². The molecule has 32 heavy (non-hydrogen) atoms. The summed E-state index contributed by atoms with van der Waals surface area (Å²) < 4.78 is 54.5. The molecule has 1 fully saturated rings. The molecule has 1 aliphatic heterocycles. The van der Waals surface area contributed by atoms with E-state index in [1.807, 2.05) is 42.5 Å². The average molecular weight is 462 g/mol. The average Bonchev–Trinajstić information content (AvgIpc) is 2.79. The second kappa shape index (κ2) is 10.0. The lowest BCUT2D eigenvalue weighted by molar-refractivity contribution is -0.177. The van der Waals surface area contributed by atoms with E-state index >= 15 is 0 Å². The number of rotatable bonds is 7. The first-order chi connectivity index (χ1) is 15.5. The number of hydrogen-bond donors (Lipinski definition) is 1. The highest BCUT2D eigenvalue weighted by Gasteiger charge is 2.45. The van der Waals surface area contributed by atoms with E-state index in [0.29, 0.717) is 43.3 Å². The SMILES string of the molecule is Fc1cc(F)c(COC2(c3ccc(Cl)cc3)CCNCC2OCc2ccccc2)c(F)c1. The normalized spacial score (nSPS) is 20.9. The van der Waals surface area contributed by atoms with Crippen LogP contribution in [0.15, 0.2) is 66.7 Å². The van der Waals surface area contributed by atoms with Gasteiger partial charge in [-0.25, -0.2) is 13.2 Å². The van der Waals surface area contributed by atoms with Gasteiger partial charge in [0.1, 0.15) is 29.2 Å². The van der Waals surface area contributed by atoms with Crippen LogP contribution in [0.4, 0.5) is 13.2 Å². The molecule has 0 spiro atoms. The van der Waals surface area contributed by atoms with Crippen molar-refractivity contribution in [2.45, 2.75) is 31.3 Å². The monoisotopic (exact) mass is 461 g/mol. The van der Waals surface area contributed by atoms with E-state index in [-0.39, 0.29) is 12.2 Å². The molecular formula is C25H23ClF3NO2. The summed E-state index contributed by atoms with van der Waals surface area (Å²) in [5, 5.41) is 3.87. The van der Waals surface area contributed by atoms with Crippen molar-refractivity contribution >= 4 is 11.6 Å². The van der Waals surface area contributed by atoms with E-state index in [2.05, 4.69) is 5.32 Å². The quantitative estimate of drug-likeness (QED) is 0.486. The topological polar surface area (TPSA) is 30.5 Å². The molecule has 168 valence electrons. The summed E-state index contributed by atoms with van der Waals surface area (Å²) in [6.07, 6.45) is 0.0719. The molecular weight excluding hydrogens is 439 g/mol. The standard InChI is InChI=1S/C25H23ClF3NO2/c26-19-8-6-18(7-9-19)25(32-16-21-22(28)12-20(27)13-23(21)29)10-11-30-14-24(25)31-15-17-4-2-1-3-5-17/h1-9,12-13,24,30H,10-11,14-16H2. The Hall–Kier alpha value is -2.38. The van der Waals surface area contributed by atoms with Crippen LogP contribution >= 0.6 is 11.6 Å². The third kappa shape index (κ3) is 4.99. The van der Waals surface area contributed by atoms with Gasteiger partial charge >= 0.3 is 0 Å². The van der Waals surface area contributed by atoms with Crippen molar-refractivity contribution in [2.24, 2.45) is 0 Å². The van der Waals surface area contributed by atoms with Crippen LogP contribution in [0.2, 0.25) is 5.02 Å². The zero-order chi connectivity index (χ0) is 22.6. The Kier molecular flexibility index (Phi) is 7.16. The van der Waals surface area contributed by atoms with Crippen LogP contribution in [0.1, 0.15) is 23.1 Å². The van der Waals surface area contributed by atoms with Crippen molar-refractivity contribution in [2.75, 3.05) is 13.1 Å². The Bertz CT molecular complexity index is 1030. The first kappa shape index (κ1) is 22.8. The predicted molar refractivity (Wildman–Crippen MR) is 117 cm³/mol. The molecule has 0 aliphatic carbocycles. The van der Waals surface area contributed by atoms with Gasteiger partial charge in [0.25, 0.3) is 0 Å². The van der Waals surface area contributed by atoms with Gasteiger partial charge in [0, 0.05) is 29.3 Å². The fraction of sp³-hybridized carbons (Fsp3) is 0.280. The van der Waals surface area contributed by atoms with E-state index in [1.165, 1.54) is 0 Å². The molecule has 0 radical (unpaired) electrons. The van der Waals surface area contributed by atoms with E-state index in [0.717, 1.165) is 11.1 Å². The summed E-state index contributed by atoms with van der Waals surface area (Å²) in [4.78, 5) is 0. The Morgan fingerprint density at radius 3 is 2.31 bits per heavy atom. The molecule has 7 heteroatoms. The molecule has 1 saturated heterocycles. The molecule has 1 heterocycles. The van der Waals surface area contributed by atoms with Crippen molar-refractivity contribution in [3.63, 3.8) is 0 Å².